The molecule has 2 heteroatoms. The number of carbonyl (C=O) groups excluding carboxylic acids is 1. The summed E-state index contributed by atoms with van der Waals surface area (Å²) in [6.45, 7) is 0. The Morgan fingerprint density at radius 2 is 1.79 bits per heavy atom. The van der Waals surface area contributed by atoms with E-state index in [-0.39, 0.29) is 5.54 Å². The first-order valence-electron chi connectivity index (χ1n) is 6.01. The molecule has 0 amide bonds. The highest BCUT2D eigenvalue weighted by atomic mass is 16.1. The van der Waals surface area contributed by atoms with Gasteiger partial charge in [0.1, 0.15) is 5.78 Å². The van der Waals surface area contributed by atoms with Crippen LogP contribution in [0.25, 0.3) is 0 Å². The molecule has 2 nitrogen and oxygen atoms in total. The molecule has 2 fully saturated rings. The van der Waals surface area contributed by atoms with Gasteiger partial charge in [-0.05, 0) is 25.7 Å². The minimum atomic E-state index is -0.134. The predicted molar refractivity (Wildman–Crippen MR) is 57.0 cm³/mol. The smallest absolute Gasteiger partial charge is 0.137 e. The molecule has 0 bridgehead atoms. The SMILES string of the molecule is NC1(CC(=O)C2CCC2)CCCCC1. The number of nitrogens with two attached hydrogens (primary N) is 1. The van der Waals surface area contributed by atoms with Gasteiger partial charge in [-0.25, -0.2) is 0 Å². The van der Waals surface area contributed by atoms with Crippen LogP contribution < -0.4 is 5.73 Å². The number of hydrogen-bond donors (Lipinski definition) is 1. The summed E-state index contributed by atoms with van der Waals surface area (Å²) in [6.07, 6.45) is 9.99. The minimum absolute atomic E-state index is 0.134. The van der Waals surface area contributed by atoms with Crippen molar-refractivity contribution in [2.75, 3.05) is 0 Å². The molecule has 0 aromatic carbocycles. The molecule has 0 aromatic rings. The van der Waals surface area contributed by atoms with Crippen molar-refractivity contribution in [3.05, 3.63) is 0 Å². The van der Waals surface area contributed by atoms with E-state index in [0.717, 1.165) is 25.7 Å². The van der Waals surface area contributed by atoms with Crippen LogP contribution in [0.3, 0.4) is 0 Å². The first-order chi connectivity index (χ1) is 6.70. The third-order valence-electron chi connectivity index (χ3n) is 3.94. The van der Waals surface area contributed by atoms with E-state index in [2.05, 4.69) is 0 Å². The van der Waals surface area contributed by atoms with Crippen LogP contribution in [-0.4, -0.2) is 11.3 Å². The highest BCUT2D eigenvalue weighted by Gasteiger charge is 2.34. The van der Waals surface area contributed by atoms with E-state index in [0.29, 0.717) is 18.1 Å². The second-order valence-corrected chi connectivity index (χ2v) is 5.19. The van der Waals surface area contributed by atoms with E-state index < -0.39 is 0 Å². The molecule has 80 valence electrons. The quantitative estimate of drug-likeness (QED) is 0.751. The molecule has 0 heterocycles. The summed E-state index contributed by atoms with van der Waals surface area (Å²) in [7, 11) is 0. The van der Waals surface area contributed by atoms with Gasteiger partial charge >= 0.3 is 0 Å². The van der Waals surface area contributed by atoms with Crippen LogP contribution in [-0.2, 0) is 4.79 Å². The summed E-state index contributed by atoms with van der Waals surface area (Å²) in [4.78, 5) is 11.8. The third kappa shape index (κ3) is 2.17. The van der Waals surface area contributed by atoms with Crippen molar-refractivity contribution in [3.8, 4) is 0 Å². The van der Waals surface area contributed by atoms with Gasteiger partial charge < -0.3 is 5.73 Å². The summed E-state index contributed by atoms with van der Waals surface area (Å²) < 4.78 is 0. The van der Waals surface area contributed by atoms with Gasteiger partial charge in [0.25, 0.3) is 0 Å². The molecule has 0 unspecified atom stereocenters. The fourth-order valence-electron chi connectivity index (χ4n) is 2.65. The van der Waals surface area contributed by atoms with E-state index in [1.54, 1.807) is 0 Å². The van der Waals surface area contributed by atoms with E-state index in [9.17, 15) is 4.79 Å². The zero-order chi connectivity index (χ0) is 10.0. The van der Waals surface area contributed by atoms with Crippen LogP contribution in [0.1, 0.15) is 57.8 Å². The van der Waals surface area contributed by atoms with Crippen molar-refractivity contribution in [1.29, 1.82) is 0 Å². The second kappa shape index (κ2) is 4.01. The maximum atomic E-state index is 11.8. The van der Waals surface area contributed by atoms with Crippen molar-refractivity contribution < 1.29 is 4.79 Å². The molecule has 2 rings (SSSR count). The Labute approximate surface area is 86.2 Å². The summed E-state index contributed by atoms with van der Waals surface area (Å²) >= 11 is 0. The first-order valence-corrected chi connectivity index (χ1v) is 6.01. The second-order valence-electron chi connectivity index (χ2n) is 5.19. The third-order valence-corrected chi connectivity index (χ3v) is 3.94. The lowest BCUT2D eigenvalue weighted by atomic mass is 9.73. The Morgan fingerprint density at radius 3 is 2.29 bits per heavy atom. The van der Waals surface area contributed by atoms with Crippen LogP contribution in [0, 0.1) is 5.92 Å². The number of Topliss-reactive ketones (excluding diaryl/α,β-unsaturated/α-hetero) is 1. The number of carbonyl (C=O) groups is 1. The lowest BCUT2D eigenvalue weighted by Crippen LogP contribution is -2.45. The van der Waals surface area contributed by atoms with Crippen molar-refractivity contribution in [2.24, 2.45) is 11.7 Å². The van der Waals surface area contributed by atoms with E-state index >= 15 is 0 Å². The molecule has 0 radical (unpaired) electrons. The zero-order valence-corrected chi connectivity index (χ0v) is 8.93. The molecule has 0 spiro atoms. The molecule has 2 aliphatic rings. The molecule has 0 atom stereocenters. The van der Waals surface area contributed by atoms with E-state index in [1.165, 1.54) is 25.7 Å². The van der Waals surface area contributed by atoms with Crippen molar-refractivity contribution in [2.45, 2.75) is 63.3 Å². The Balaban J connectivity index is 1.84. The standard InChI is InChI=1S/C12H21NO/c13-12(7-2-1-3-8-12)9-11(14)10-5-4-6-10/h10H,1-9,13H2. The summed E-state index contributed by atoms with van der Waals surface area (Å²) in [5.41, 5.74) is 6.12. The predicted octanol–water partition coefficient (Wildman–Crippen LogP) is 2.41. The highest BCUT2D eigenvalue weighted by Crippen LogP contribution is 2.34. The normalized spacial score (nSPS) is 26.9. The Hall–Kier alpha value is -0.370. The van der Waals surface area contributed by atoms with Crippen molar-refractivity contribution in [1.82, 2.24) is 0 Å². The molecule has 2 aliphatic carbocycles. The van der Waals surface area contributed by atoms with Gasteiger partial charge in [-0.1, -0.05) is 25.7 Å². The van der Waals surface area contributed by atoms with Crippen molar-refractivity contribution in [3.63, 3.8) is 0 Å². The maximum Gasteiger partial charge on any atom is 0.137 e. The topological polar surface area (TPSA) is 43.1 Å². The Morgan fingerprint density at radius 1 is 1.14 bits per heavy atom. The fourth-order valence-corrected chi connectivity index (χ4v) is 2.65. The van der Waals surface area contributed by atoms with Gasteiger partial charge in [0.05, 0.1) is 0 Å². The number of hydrogen-bond acceptors (Lipinski definition) is 2. The molecule has 0 aliphatic heterocycles. The molecule has 0 aromatic heterocycles. The highest BCUT2D eigenvalue weighted by molar-refractivity contribution is 5.82. The minimum Gasteiger partial charge on any atom is -0.325 e. The molecule has 0 saturated heterocycles. The average molecular weight is 195 g/mol. The van der Waals surface area contributed by atoms with Crippen LogP contribution in [0.15, 0.2) is 0 Å². The summed E-state index contributed by atoms with van der Waals surface area (Å²) in [5.74, 6) is 0.818. The lowest BCUT2D eigenvalue weighted by Gasteiger charge is -2.35. The van der Waals surface area contributed by atoms with Gasteiger partial charge in [0.15, 0.2) is 0 Å². The zero-order valence-electron chi connectivity index (χ0n) is 8.93. The molecule has 2 N–H and O–H groups in total. The van der Waals surface area contributed by atoms with Gasteiger partial charge in [0, 0.05) is 17.9 Å². The van der Waals surface area contributed by atoms with Gasteiger partial charge in [0.2, 0.25) is 0 Å². The molecule has 14 heavy (non-hydrogen) atoms. The largest absolute Gasteiger partial charge is 0.325 e. The maximum absolute atomic E-state index is 11.8. The average Bonchev–Trinajstić information content (AvgIpc) is 2.00. The Bertz CT molecular complexity index is 214. The van der Waals surface area contributed by atoms with E-state index in [1.807, 2.05) is 0 Å². The van der Waals surface area contributed by atoms with Crippen LogP contribution in [0.2, 0.25) is 0 Å². The monoisotopic (exact) mass is 195 g/mol. The van der Waals surface area contributed by atoms with Crippen molar-refractivity contribution >= 4 is 5.78 Å². The first kappa shape index (κ1) is 10.2. The molecule has 2 saturated carbocycles. The van der Waals surface area contributed by atoms with Crippen LogP contribution in [0.5, 0.6) is 0 Å². The summed E-state index contributed by atoms with van der Waals surface area (Å²) in [6, 6.07) is 0. The lowest BCUT2D eigenvalue weighted by molar-refractivity contribution is -0.126. The van der Waals surface area contributed by atoms with Gasteiger partial charge in [-0.2, -0.15) is 0 Å². The van der Waals surface area contributed by atoms with Gasteiger partial charge in [-0.3, -0.25) is 4.79 Å². The summed E-state index contributed by atoms with van der Waals surface area (Å²) in [5, 5.41) is 0. The fraction of sp³-hybridized carbons (Fsp3) is 0.917. The number of ketones is 1. The van der Waals surface area contributed by atoms with Crippen LogP contribution >= 0.6 is 0 Å². The van der Waals surface area contributed by atoms with Gasteiger partial charge in [-0.15, -0.1) is 0 Å². The Kier molecular flexibility index (Phi) is 2.91. The van der Waals surface area contributed by atoms with Crippen LogP contribution in [0.4, 0.5) is 0 Å². The molecular weight excluding hydrogens is 174 g/mol. The van der Waals surface area contributed by atoms with E-state index in [4.69, 9.17) is 5.73 Å². The number of rotatable bonds is 3. The molecular formula is C12H21NO.